The van der Waals surface area contributed by atoms with E-state index in [9.17, 15) is 0 Å². The van der Waals surface area contributed by atoms with Crippen LogP contribution in [-0.4, -0.2) is 63.7 Å². The molecule has 5 rings (SSSR count). The number of benzene rings is 3. The van der Waals surface area contributed by atoms with Gasteiger partial charge in [-0.1, -0.05) is 59.8 Å². The second kappa shape index (κ2) is 12.1. The Labute approximate surface area is 229 Å². The number of H-pyrrole nitrogens is 1. The molecule has 1 aromatic heterocycles. The molecular formula is C30H32ClN3O4. The number of fused-ring (bicyclic) bond motifs is 5. The van der Waals surface area contributed by atoms with Crippen LogP contribution in [0.4, 0.5) is 0 Å². The largest absolute Gasteiger partial charge is 0.493 e. The summed E-state index contributed by atoms with van der Waals surface area (Å²) in [5.74, 6) is 1.72. The summed E-state index contributed by atoms with van der Waals surface area (Å²) in [5, 5.41) is 5.72. The van der Waals surface area contributed by atoms with Crippen molar-refractivity contribution in [3.63, 3.8) is 0 Å². The van der Waals surface area contributed by atoms with Crippen molar-refractivity contribution in [3.05, 3.63) is 83.4 Å². The van der Waals surface area contributed by atoms with Gasteiger partial charge in [-0.15, -0.1) is 12.4 Å². The zero-order valence-electron chi connectivity index (χ0n) is 22.0. The van der Waals surface area contributed by atoms with E-state index in [0.29, 0.717) is 36.2 Å². The SMILES string of the molecule is COc1cc2c(c(OCCN(C)C)c1OC)/C(=N\OC/C=C/c1ccccc1)c1c-2[nH]c2ccccc12.Cl. The Hall–Kier alpha value is -3.94. The van der Waals surface area contributed by atoms with Crippen LogP contribution in [0.2, 0.25) is 0 Å². The molecule has 1 N–H and O–H groups in total. The Kier molecular flexibility index (Phi) is 8.61. The Bertz CT molecular complexity index is 1460. The molecular weight excluding hydrogens is 502 g/mol. The summed E-state index contributed by atoms with van der Waals surface area (Å²) in [6.07, 6.45) is 3.97. The van der Waals surface area contributed by atoms with Gasteiger partial charge in [0.1, 0.15) is 18.9 Å². The third-order valence-electron chi connectivity index (χ3n) is 6.30. The van der Waals surface area contributed by atoms with E-state index in [1.165, 1.54) is 0 Å². The van der Waals surface area contributed by atoms with Crippen LogP contribution < -0.4 is 14.2 Å². The molecule has 0 saturated heterocycles. The fraction of sp³-hybridized carbons (Fsp3) is 0.233. The highest BCUT2D eigenvalue weighted by atomic mass is 35.5. The molecule has 1 aliphatic rings. The number of nitrogens with one attached hydrogen (secondary N) is 1. The van der Waals surface area contributed by atoms with E-state index < -0.39 is 0 Å². The van der Waals surface area contributed by atoms with Crippen molar-refractivity contribution in [2.24, 2.45) is 5.16 Å². The van der Waals surface area contributed by atoms with E-state index >= 15 is 0 Å². The first-order valence-corrected chi connectivity index (χ1v) is 12.2. The number of rotatable bonds is 10. The van der Waals surface area contributed by atoms with Crippen LogP contribution >= 0.6 is 12.4 Å². The maximum atomic E-state index is 6.34. The first kappa shape index (κ1) is 27.1. The minimum absolute atomic E-state index is 0. The van der Waals surface area contributed by atoms with Gasteiger partial charge in [0.05, 0.1) is 25.5 Å². The second-order valence-electron chi connectivity index (χ2n) is 8.98. The molecule has 0 aliphatic heterocycles. The molecule has 0 saturated carbocycles. The van der Waals surface area contributed by atoms with Gasteiger partial charge in [-0.3, -0.25) is 0 Å². The zero-order chi connectivity index (χ0) is 25.8. The molecule has 0 radical (unpaired) electrons. The summed E-state index contributed by atoms with van der Waals surface area (Å²) < 4.78 is 17.8. The molecule has 8 heteroatoms. The Morgan fingerprint density at radius 1 is 0.921 bits per heavy atom. The minimum Gasteiger partial charge on any atom is -0.493 e. The van der Waals surface area contributed by atoms with E-state index in [4.69, 9.17) is 19.0 Å². The van der Waals surface area contributed by atoms with Gasteiger partial charge >= 0.3 is 0 Å². The normalized spacial score (nSPS) is 13.0. The lowest BCUT2D eigenvalue weighted by Crippen LogP contribution is -2.20. The van der Waals surface area contributed by atoms with Gasteiger partial charge in [0.15, 0.2) is 11.5 Å². The Morgan fingerprint density at radius 2 is 1.68 bits per heavy atom. The fourth-order valence-corrected chi connectivity index (χ4v) is 4.56. The average Bonchev–Trinajstić information content (AvgIpc) is 3.43. The van der Waals surface area contributed by atoms with E-state index in [0.717, 1.165) is 45.4 Å². The molecule has 0 bridgehead atoms. The highest BCUT2D eigenvalue weighted by Gasteiger charge is 2.36. The number of likely N-dealkylation sites (N-methyl/N-ethyl adjacent to an activating group) is 1. The number of aromatic nitrogens is 1. The number of methoxy groups -OCH3 is 2. The van der Waals surface area contributed by atoms with E-state index in [2.05, 4.69) is 27.2 Å². The van der Waals surface area contributed by atoms with Gasteiger partial charge in [-0.25, -0.2) is 0 Å². The summed E-state index contributed by atoms with van der Waals surface area (Å²) in [6.45, 7) is 1.55. The number of hydrogen-bond donors (Lipinski definition) is 1. The molecule has 7 nitrogen and oxygen atoms in total. The summed E-state index contributed by atoms with van der Waals surface area (Å²) >= 11 is 0. The van der Waals surface area contributed by atoms with Crippen LogP contribution in [0.1, 0.15) is 16.7 Å². The van der Waals surface area contributed by atoms with Gasteiger partial charge in [0, 0.05) is 28.6 Å². The van der Waals surface area contributed by atoms with E-state index in [1.54, 1.807) is 14.2 Å². The van der Waals surface area contributed by atoms with Crippen molar-refractivity contribution >= 4 is 35.1 Å². The molecule has 0 unspecified atom stereocenters. The van der Waals surface area contributed by atoms with Crippen molar-refractivity contribution in [2.75, 3.05) is 48.1 Å². The van der Waals surface area contributed by atoms with Crippen LogP contribution in [0.25, 0.3) is 28.2 Å². The number of ether oxygens (including phenoxy) is 3. The quantitative estimate of drug-likeness (QED) is 0.176. The highest BCUT2D eigenvalue weighted by Crippen LogP contribution is 2.51. The Balaban J connectivity index is 0.00000336. The fourth-order valence-electron chi connectivity index (χ4n) is 4.56. The van der Waals surface area contributed by atoms with E-state index in [1.807, 2.05) is 74.8 Å². The lowest BCUT2D eigenvalue weighted by atomic mass is 10.0. The van der Waals surface area contributed by atoms with Crippen LogP contribution in [0, 0.1) is 0 Å². The topological polar surface area (TPSA) is 68.3 Å². The molecule has 0 spiro atoms. The number of para-hydroxylation sites is 1. The van der Waals surface area contributed by atoms with Crippen LogP contribution in [0.15, 0.2) is 71.9 Å². The predicted molar refractivity (Wildman–Crippen MR) is 155 cm³/mol. The Morgan fingerprint density at radius 3 is 2.42 bits per heavy atom. The number of hydrogen-bond acceptors (Lipinski definition) is 6. The summed E-state index contributed by atoms with van der Waals surface area (Å²) in [4.78, 5) is 11.5. The zero-order valence-corrected chi connectivity index (χ0v) is 22.8. The van der Waals surface area contributed by atoms with Crippen LogP contribution in [0.3, 0.4) is 0 Å². The minimum atomic E-state index is 0. The first-order chi connectivity index (χ1) is 18.1. The third kappa shape index (κ3) is 5.21. The summed E-state index contributed by atoms with van der Waals surface area (Å²) in [6, 6.07) is 20.3. The van der Waals surface area contributed by atoms with Crippen LogP contribution in [0.5, 0.6) is 17.2 Å². The maximum absolute atomic E-state index is 6.34. The molecule has 198 valence electrons. The number of aromatic amines is 1. The lowest BCUT2D eigenvalue weighted by molar-refractivity contribution is 0.175. The van der Waals surface area contributed by atoms with Gasteiger partial charge in [-0.2, -0.15) is 0 Å². The van der Waals surface area contributed by atoms with Crippen molar-refractivity contribution < 1.29 is 19.0 Å². The van der Waals surface area contributed by atoms with Crippen molar-refractivity contribution in [3.8, 4) is 28.5 Å². The van der Waals surface area contributed by atoms with Gasteiger partial charge < -0.3 is 28.9 Å². The van der Waals surface area contributed by atoms with Crippen molar-refractivity contribution in [1.29, 1.82) is 0 Å². The van der Waals surface area contributed by atoms with Crippen LogP contribution in [-0.2, 0) is 4.84 Å². The predicted octanol–water partition coefficient (Wildman–Crippen LogP) is 6.01. The molecule has 0 atom stereocenters. The van der Waals surface area contributed by atoms with Gasteiger partial charge in [0.2, 0.25) is 5.75 Å². The standard InChI is InChI=1S/C30H31N3O4.ClH/c1-33(2)16-18-36-30-26-22(19-24(34-3)29(30)35-4)27-25(21-14-8-9-15-23(21)31-27)28(26)32-37-17-10-13-20-11-6-5-7-12-20;/h5-15,19,31H,16-18H2,1-4H3;1H/b13-10+,32-28-;. The monoisotopic (exact) mass is 533 g/mol. The molecule has 1 heterocycles. The van der Waals surface area contributed by atoms with Gasteiger partial charge in [-0.05, 0) is 37.9 Å². The number of nitrogens with zero attached hydrogens (tertiary/aromatic N) is 2. The first-order valence-electron chi connectivity index (χ1n) is 12.2. The molecule has 0 fully saturated rings. The summed E-state index contributed by atoms with van der Waals surface area (Å²) in [7, 11) is 7.27. The molecule has 3 aromatic carbocycles. The molecule has 1 aliphatic carbocycles. The second-order valence-corrected chi connectivity index (χ2v) is 8.98. The van der Waals surface area contributed by atoms with Crippen molar-refractivity contribution in [2.45, 2.75) is 0 Å². The number of halogens is 1. The summed E-state index contributed by atoms with van der Waals surface area (Å²) in [5.41, 5.74) is 6.54. The highest BCUT2D eigenvalue weighted by molar-refractivity contribution is 6.31. The third-order valence-corrected chi connectivity index (χ3v) is 6.30. The average molecular weight is 534 g/mol. The lowest BCUT2D eigenvalue weighted by Gasteiger charge is -2.19. The van der Waals surface area contributed by atoms with Gasteiger partial charge in [0.25, 0.3) is 0 Å². The molecule has 0 amide bonds. The van der Waals surface area contributed by atoms with E-state index in [-0.39, 0.29) is 12.4 Å². The smallest absolute Gasteiger partial charge is 0.204 e. The maximum Gasteiger partial charge on any atom is 0.204 e. The molecule has 4 aromatic rings. The molecule has 38 heavy (non-hydrogen) atoms. The number of oxime groups is 1. The van der Waals surface area contributed by atoms with Crippen molar-refractivity contribution in [1.82, 2.24) is 9.88 Å².